The zero-order valence-electron chi connectivity index (χ0n) is 14.2. The molecule has 0 bridgehead atoms. The Morgan fingerprint density at radius 2 is 2.04 bits per heavy atom. The SMILES string of the molecule is CC1CC(C)(C)CC(CO)(NCC(=O)Nc2ccccc2F)C1. The third kappa shape index (κ3) is 4.75. The molecule has 1 aromatic carbocycles. The molecule has 5 heteroatoms. The molecule has 4 nitrogen and oxygen atoms in total. The lowest BCUT2D eigenvalue weighted by Crippen LogP contribution is -2.56. The number of rotatable bonds is 5. The van der Waals surface area contributed by atoms with Crippen molar-refractivity contribution in [2.24, 2.45) is 11.3 Å². The first-order valence-corrected chi connectivity index (χ1v) is 8.16. The van der Waals surface area contributed by atoms with E-state index in [4.69, 9.17) is 0 Å². The molecule has 0 heterocycles. The molecule has 2 atom stereocenters. The molecule has 0 spiro atoms. The van der Waals surface area contributed by atoms with Crippen LogP contribution in [0, 0.1) is 17.2 Å². The van der Waals surface area contributed by atoms with Gasteiger partial charge in [0.2, 0.25) is 5.91 Å². The molecule has 1 amide bonds. The molecule has 2 rings (SSSR count). The molecule has 0 saturated heterocycles. The summed E-state index contributed by atoms with van der Waals surface area (Å²) in [7, 11) is 0. The number of halogens is 1. The van der Waals surface area contributed by atoms with Crippen molar-refractivity contribution in [2.45, 2.75) is 45.6 Å². The molecule has 2 unspecified atom stereocenters. The summed E-state index contributed by atoms with van der Waals surface area (Å²) in [5, 5.41) is 15.7. The minimum atomic E-state index is -0.454. The van der Waals surface area contributed by atoms with Gasteiger partial charge in [0.05, 0.1) is 18.8 Å². The summed E-state index contributed by atoms with van der Waals surface area (Å²) in [6.45, 7) is 6.60. The smallest absolute Gasteiger partial charge is 0.238 e. The number of benzene rings is 1. The predicted octanol–water partition coefficient (Wildman–Crippen LogP) is 2.93. The second-order valence-corrected chi connectivity index (χ2v) is 7.67. The fraction of sp³-hybridized carbons (Fsp3) is 0.611. The average molecular weight is 322 g/mol. The van der Waals surface area contributed by atoms with E-state index in [9.17, 15) is 14.3 Å². The number of amides is 1. The van der Waals surface area contributed by atoms with Crippen molar-refractivity contribution < 1.29 is 14.3 Å². The highest BCUT2D eigenvalue weighted by molar-refractivity contribution is 5.92. The Morgan fingerprint density at radius 3 is 2.65 bits per heavy atom. The maximum Gasteiger partial charge on any atom is 0.238 e. The number of carbonyl (C=O) groups is 1. The number of anilines is 1. The van der Waals surface area contributed by atoms with Gasteiger partial charge in [-0.3, -0.25) is 4.79 Å². The van der Waals surface area contributed by atoms with E-state index in [1.165, 1.54) is 12.1 Å². The number of para-hydroxylation sites is 1. The molecule has 128 valence electrons. The Morgan fingerprint density at radius 1 is 1.35 bits per heavy atom. The van der Waals surface area contributed by atoms with Crippen LogP contribution in [0.3, 0.4) is 0 Å². The number of aliphatic hydroxyl groups is 1. The zero-order valence-corrected chi connectivity index (χ0v) is 14.2. The number of aliphatic hydroxyl groups excluding tert-OH is 1. The number of hydrogen-bond donors (Lipinski definition) is 3. The molecule has 1 aliphatic rings. The van der Waals surface area contributed by atoms with Crippen molar-refractivity contribution >= 4 is 11.6 Å². The van der Waals surface area contributed by atoms with Gasteiger partial charge in [-0.2, -0.15) is 0 Å². The molecule has 1 aromatic rings. The largest absolute Gasteiger partial charge is 0.394 e. The number of nitrogens with one attached hydrogen (secondary N) is 2. The van der Waals surface area contributed by atoms with E-state index < -0.39 is 11.4 Å². The normalized spacial score (nSPS) is 26.7. The zero-order chi connectivity index (χ0) is 17.1. The second-order valence-electron chi connectivity index (χ2n) is 7.67. The highest BCUT2D eigenvalue weighted by Crippen LogP contribution is 2.43. The van der Waals surface area contributed by atoms with Gasteiger partial charge in [-0.15, -0.1) is 0 Å². The van der Waals surface area contributed by atoms with Gasteiger partial charge in [0, 0.05) is 5.54 Å². The fourth-order valence-electron chi connectivity index (χ4n) is 4.08. The topological polar surface area (TPSA) is 61.4 Å². The number of carbonyl (C=O) groups excluding carboxylic acids is 1. The Hall–Kier alpha value is -1.46. The first kappa shape index (κ1) is 17.9. The maximum atomic E-state index is 13.6. The summed E-state index contributed by atoms with van der Waals surface area (Å²) in [6, 6.07) is 6.09. The molecule has 3 N–H and O–H groups in total. The molecule has 0 aliphatic heterocycles. The molecule has 0 radical (unpaired) electrons. The monoisotopic (exact) mass is 322 g/mol. The number of hydrogen-bond acceptors (Lipinski definition) is 3. The van der Waals surface area contributed by atoms with Gasteiger partial charge in [0.25, 0.3) is 0 Å². The van der Waals surface area contributed by atoms with Crippen LogP contribution < -0.4 is 10.6 Å². The molecule has 1 aliphatic carbocycles. The fourth-order valence-corrected chi connectivity index (χ4v) is 4.08. The molecule has 1 saturated carbocycles. The van der Waals surface area contributed by atoms with Crippen molar-refractivity contribution in [3.8, 4) is 0 Å². The van der Waals surface area contributed by atoms with Gasteiger partial charge < -0.3 is 15.7 Å². The minimum Gasteiger partial charge on any atom is -0.394 e. The van der Waals surface area contributed by atoms with Gasteiger partial charge in [0.15, 0.2) is 0 Å². The van der Waals surface area contributed by atoms with Gasteiger partial charge in [0.1, 0.15) is 5.82 Å². The van der Waals surface area contributed by atoms with Gasteiger partial charge in [-0.05, 0) is 42.7 Å². The maximum absolute atomic E-state index is 13.6. The lowest BCUT2D eigenvalue weighted by Gasteiger charge is -2.47. The average Bonchev–Trinajstić information content (AvgIpc) is 2.45. The summed E-state index contributed by atoms with van der Waals surface area (Å²) in [6.07, 6.45) is 2.76. The molecule has 23 heavy (non-hydrogen) atoms. The van der Waals surface area contributed by atoms with E-state index in [-0.39, 0.29) is 30.2 Å². The van der Waals surface area contributed by atoms with Crippen molar-refractivity contribution in [2.75, 3.05) is 18.5 Å². The van der Waals surface area contributed by atoms with Crippen LogP contribution in [0.1, 0.15) is 40.0 Å². The van der Waals surface area contributed by atoms with Crippen molar-refractivity contribution in [3.63, 3.8) is 0 Å². The van der Waals surface area contributed by atoms with Crippen LogP contribution in [0.15, 0.2) is 24.3 Å². The lowest BCUT2D eigenvalue weighted by molar-refractivity contribution is -0.116. The summed E-state index contributed by atoms with van der Waals surface area (Å²) >= 11 is 0. The Balaban J connectivity index is 1.97. The Labute approximate surface area is 137 Å². The highest BCUT2D eigenvalue weighted by atomic mass is 19.1. The van der Waals surface area contributed by atoms with Crippen LogP contribution in [-0.4, -0.2) is 29.7 Å². The van der Waals surface area contributed by atoms with Crippen molar-refractivity contribution in [3.05, 3.63) is 30.1 Å². The molecule has 1 fully saturated rings. The van der Waals surface area contributed by atoms with Crippen LogP contribution in [0.5, 0.6) is 0 Å². The third-order valence-corrected chi connectivity index (χ3v) is 4.53. The van der Waals surface area contributed by atoms with Gasteiger partial charge in [-0.1, -0.05) is 32.9 Å². The van der Waals surface area contributed by atoms with E-state index in [0.29, 0.717) is 5.92 Å². The summed E-state index contributed by atoms with van der Waals surface area (Å²) in [5.41, 5.74) is -0.155. The van der Waals surface area contributed by atoms with Crippen LogP contribution in [0.2, 0.25) is 0 Å². The van der Waals surface area contributed by atoms with E-state index in [1.54, 1.807) is 12.1 Å². The van der Waals surface area contributed by atoms with Crippen molar-refractivity contribution in [1.29, 1.82) is 0 Å². The Kier molecular flexibility index (Phi) is 5.42. The summed E-state index contributed by atoms with van der Waals surface area (Å²) in [4.78, 5) is 12.1. The third-order valence-electron chi connectivity index (χ3n) is 4.53. The quantitative estimate of drug-likeness (QED) is 0.781. The van der Waals surface area contributed by atoms with Crippen LogP contribution in [0.4, 0.5) is 10.1 Å². The van der Waals surface area contributed by atoms with Crippen molar-refractivity contribution in [1.82, 2.24) is 5.32 Å². The van der Waals surface area contributed by atoms with E-state index in [1.807, 2.05) is 0 Å². The second kappa shape index (κ2) is 6.97. The first-order valence-electron chi connectivity index (χ1n) is 8.16. The van der Waals surface area contributed by atoms with Crippen LogP contribution in [-0.2, 0) is 4.79 Å². The van der Waals surface area contributed by atoms with E-state index in [2.05, 4.69) is 31.4 Å². The van der Waals surface area contributed by atoms with E-state index >= 15 is 0 Å². The lowest BCUT2D eigenvalue weighted by atomic mass is 9.64. The highest BCUT2D eigenvalue weighted by Gasteiger charge is 2.42. The summed E-state index contributed by atoms with van der Waals surface area (Å²) in [5.74, 6) is -0.280. The minimum absolute atomic E-state index is 0.00620. The van der Waals surface area contributed by atoms with Gasteiger partial charge in [-0.25, -0.2) is 4.39 Å². The van der Waals surface area contributed by atoms with Gasteiger partial charge >= 0.3 is 0 Å². The Bertz CT molecular complexity index is 562. The molecule has 0 aromatic heterocycles. The predicted molar refractivity (Wildman–Crippen MR) is 89.6 cm³/mol. The van der Waals surface area contributed by atoms with Crippen LogP contribution >= 0.6 is 0 Å². The standard InChI is InChI=1S/C18H27FN2O2/c1-13-8-17(2,3)11-18(9-13,12-22)20-10-16(23)21-15-7-5-4-6-14(15)19/h4-7,13,20,22H,8-12H2,1-3H3,(H,21,23). The van der Waals surface area contributed by atoms with E-state index in [0.717, 1.165) is 19.3 Å². The molecular weight excluding hydrogens is 295 g/mol. The van der Waals surface area contributed by atoms with Crippen LogP contribution in [0.25, 0.3) is 0 Å². The summed E-state index contributed by atoms with van der Waals surface area (Å²) < 4.78 is 13.6. The first-order chi connectivity index (χ1) is 10.8. The molecular formula is C18H27FN2O2.